The van der Waals surface area contributed by atoms with Gasteiger partial charge in [-0.05, 0) is 6.42 Å². The van der Waals surface area contributed by atoms with Crippen LogP contribution in [0.2, 0.25) is 0 Å². The van der Waals surface area contributed by atoms with Crippen LogP contribution in [0.25, 0.3) is 0 Å². The van der Waals surface area contributed by atoms with Crippen molar-refractivity contribution in [2.24, 2.45) is 0 Å². The van der Waals surface area contributed by atoms with Gasteiger partial charge in [-0.2, -0.15) is 5.10 Å². The van der Waals surface area contributed by atoms with Crippen molar-refractivity contribution >= 4 is 11.6 Å². The first-order valence-corrected chi connectivity index (χ1v) is 4.27. The summed E-state index contributed by atoms with van der Waals surface area (Å²) in [6, 6.07) is 0. The second-order valence-corrected chi connectivity index (χ2v) is 2.82. The van der Waals surface area contributed by atoms with Crippen LogP contribution in [-0.4, -0.2) is 22.2 Å². The number of hydrogen-bond donors (Lipinski definition) is 2. The number of carbonyl (C=O) groups is 1. The van der Waals surface area contributed by atoms with E-state index in [0.717, 1.165) is 6.42 Å². The minimum absolute atomic E-state index is 0.0371. The fourth-order valence-electron chi connectivity index (χ4n) is 0.933. The molecule has 0 aliphatic rings. The summed E-state index contributed by atoms with van der Waals surface area (Å²) in [5.41, 5.74) is 6.01. The molecule has 0 fully saturated rings. The van der Waals surface area contributed by atoms with E-state index in [1.807, 2.05) is 6.92 Å². The molecule has 1 heterocycles. The molecule has 5 heteroatoms. The Morgan fingerprint density at radius 1 is 1.77 bits per heavy atom. The first-order valence-electron chi connectivity index (χ1n) is 4.27. The van der Waals surface area contributed by atoms with E-state index in [2.05, 4.69) is 10.4 Å². The molecule has 1 aromatic heterocycles. The minimum Gasteiger partial charge on any atom is -0.396 e. The van der Waals surface area contributed by atoms with Crippen LogP contribution >= 0.6 is 0 Å². The van der Waals surface area contributed by atoms with Gasteiger partial charge in [0, 0.05) is 12.7 Å². The molecule has 0 aliphatic heterocycles. The number of nitrogens with one attached hydrogen (secondary N) is 1. The predicted molar refractivity (Wildman–Crippen MR) is 49.9 cm³/mol. The topological polar surface area (TPSA) is 72.9 Å². The standard InChI is InChI=1S/C8H14N4O/c1-2-3-10-8(13)6-12-5-7(9)4-11-12/h4-5H,2-3,6,9H2,1H3,(H,10,13). The summed E-state index contributed by atoms with van der Waals surface area (Å²) in [7, 11) is 0. The molecule has 0 aromatic carbocycles. The van der Waals surface area contributed by atoms with E-state index in [4.69, 9.17) is 5.73 Å². The van der Waals surface area contributed by atoms with Crippen LogP contribution in [0, 0.1) is 0 Å². The van der Waals surface area contributed by atoms with Crippen molar-refractivity contribution in [1.82, 2.24) is 15.1 Å². The number of aromatic nitrogens is 2. The number of nitrogen functional groups attached to an aromatic ring is 1. The molecular weight excluding hydrogens is 168 g/mol. The molecule has 0 spiro atoms. The maximum Gasteiger partial charge on any atom is 0.241 e. The summed E-state index contributed by atoms with van der Waals surface area (Å²) in [4.78, 5) is 11.2. The molecule has 1 amide bonds. The zero-order valence-corrected chi connectivity index (χ0v) is 7.66. The van der Waals surface area contributed by atoms with Gasteiger partial charge >= 0.3 is 0 Å². The van der Waals surface area contributed by atoms with Gasteiger partial charge in [0.25, 0.3) is 0 Å². The van der Waals surface area contributed by atoms with Crippen LogP contribution in [0.3, 0.4) is 0 Å². The largest absolute Gasteiger partial charge is 0.396 e. The average molecular weight is 182 g/mol. The van der Waals surface area contributed by atoms with Crippen LogP contribution in [0.5, 0.6) is 0 Å². The zero-order chi connectivity index (χ0) is 9.68. The van der Waals surface area contributed by atoms with Crippen molar-refractivity contribution in [2.75, 3.05) is 12.3 Å². The molecule has 0 unspecified atom stereocenters. The molecule has 13 heavy (non-hydrogen) atoms. The highest BCUT2D eigenvalue weighted by Crippen LogP contribution is 1.96. The first kappa shape index (κ1) is 9.57. The van der Waals surface area contributed by atoms with Crippen molar-refractivity contribution in [2.45, 2.75) is 19.9 Å². The fourth-order valence-corrected chi connectivity index (χ4v) is 0.933. The zero-order valence-electron chi connectivity index (χ0n) is 7.66. The summed E-state index contributed by atoms with van der Waals surface area (Å²) in [6.45, 7) is 2.94. The number of rotatable bonds is 4. The Morgan fingerprint density at radius 3 is 3.08 bits per heavy atom. The van der Waals surface area contributed by atoms with E-state index in [0.29, 0.717) is 12.2 Å². The van der Waals surface area contributed by atoms with Gasteiger partial charge in [-0.15, -0.1) is 0 Å². The van der Waals surface area contributed by atoms with Gasteiger partial charge in [0.2, 0.25) is 5.91 Å². The Morgan fingerprint density at radius 2 is 2.54 bits per heavy atom. The van der Waals surface area contributed by atoms with E-state index in [-0.39, 0.29) is 12.5 Å². The SMILES string of the molecule is CCCNC(=O)Cn1cc(N)cn1. The minimum atomic E-state index is -0.0371. The van der Waals surface area contributed by atoms with Crippen LogP contribution in [0.4, 0.5) is 5.69 Å². The van der Waals surface area contributed by atoms with E-state index < -0.39 is 0 Å². The molecule has 72 valence electrons. The van der Waals surface area contributed by atoms with Crippen LogP contribution in [0.15, 0.2) is 12.4 Å². The smallest absolute Gasteiger partial charge is 0.241 e. The Hall–Kier alpha value is -1.52. The molecule has 1 rings (SSSR count). The third-order valence-corrected chi connectivity index (χ3v) is 1.53. The molecule has 5 nitrogen and oxygen atoms in total. The monoisotopic (exact) mass is 182 g/mol. The molecular formula is C8H14N4O. The Labute approximate surface area is 76.9 Å². The fraction of sp³-hybridized carbons (Fsp3) is 0.500. The quantitative estimate of drug-likeness (QED) is 0.688. The second kappa shape index (κ2) is 4.49. The molecule has 0 aliphatic carbocycles. The normalized spacial score (nSPS) is 9.92. The van der Waals surface area contributed by atoms with Gasteiger partial charge in [-0.25, -0.2) is 0 Å². The van der Waals surface area contributed by atoms with Gasteiger partial charge < -0.3 is 11.1 Å². The number of nitrogens with two attached hydrogens (primary N) is 1. The molecule has 1 aromatic rings. The van der Waals surface area contributed by atoms with Crippen LogP contribution in [-0.2, 0) is 11.3 Å². The number of nitrogens with zero attached hydrogens (tertiary/aromatic N) is 2. The lowest BCUT2D eigenvalue weighted by atomic mass is 10.4. The summed E-state index contributed by atoms with van der Waals surface area (Å²) >= 11 is 0. The van der Waals surface area contributed by atoms with E-state index in [9.17, 15) is 4.79 Å². The molecule has 0 saturated carbocycles. The number of hydrogen-bond acceptors (Lipinski definition) is 3. The maximum absolute atomic E-state index is 11.2. The van der Waals surface area contributed by atoms with Gasteiger partial charge in [-0.3, -0.25) is 9.48 Å². The Bertz CT molecular complexity index is 281. The molecule has 0 bridgehead atoms. The van der Waals surface area contributed by atoms with Gasteiger partial charge in [0.1, 0.15) is 6.54 Å². The molecule has 3 N–H and O–H groups in total. The van der Waals surface area contributed by atoms with Crippen molar-refractivity contribution in [1.29, 1.82) is 0 Å². The van der Waals surface area contributed by atoms with Crippen molar-refractivity contribution < 1.29 is 4.79 Å². The number of amides is 1. The predicted octanol–water partition coefficient (Wildman–Crippen LogP) is -0.00850. The highest BCUT2D eigenvalue weighted by atomic mass is 16.2. The van der Waals surface area contributed by atoms with Gasteiger partial charge in [0.15, 0.2) is 0 Å². The highest BCUT2D eigenvalue weighted by Gasteiger charge is 2.01. The van der Waals surface area contributed by atoms with Gasteiger partial charge in [0.05, 0.1) is 11.9 Å². The van der Waals surface area contributed by atoms with Crippen LogP contribution in [0.1, 0.15) is 13.3 Å². The van der Waals surface area contributed by atoms with Crippen molar-refractivity contribution in [3.05, 3.63) is 12.4 Å². The highest BCUT2D eigenvalue weighted by molar-refractivity contribution is 5.75. The van der Waals surface area contributed by atoms with Crippen molar-refractivity contribution in [3.8, 4) is 0 Å². The number of anilines is 1. The molecule has 0 radical (unpaired) electrons. The van der Waals surface area contributed by atoms with Crippen LogP contribution < -0.4 is 11.1 Å². The third-order valence-electron chi connectivity index (χ3n) is 1.53. The summed E-state index contributed by atoms with van der Waals surface area (Å²) in [5, 5.41) is 6.64. The van der Waals surface area contributed by atoms with E-state index in [1.54, 1.807) is 6.20 Å². The summed E-state index contributed by atoms with van der Waals surface area (Å²) < 4.78 is 1.51. The van der Waals surface area contributed by atoms with Crippen molar-refractivity contribution in [3.63, 3.8) is 0 Å². The lowest BCUT2D eigenvalue weighted by Gasteiger charge is -2.02. The Kier molecular flexibility index (Phi) is 3.31. The second-order valence-electron chi connectivity index (χ2n) is 2.82. The maximum atomic E-state index is 11.2. The summed E-state index contributed by atoms with van der Waals surface area (Å²) in [5.74, 6) is -0.0371. The van der Waals surface area contributed by atoms with E-state index >= 15 is 0 Å². The lowest BCUT2D eigenvalue weighted by molar-refractivity contribution is -0.121. The summed E-state index contributed by atoms with van der Waals surface area (Å²) in [6.07, 6.45) is 4.09. The van der Waals surface area contributed by atoms with E-state index in [1.165, 1.54) is 10.9 Å². The third kappa shape index (κ3) is 3.14. The first-order chi connectivity index (χ1) is 6.22. The molecule has 0 saturated heterocycles. The van der Waals surface area contributed by atoms with Gasteiger partial charge in [-0.1, -0.05) is 6.92 Å². The number of carbonyl (C=O) groups excluding carboxylic acids is 1. The Balaban J connectivity index is 2.36. The molecule has 0 atom stereocenters. The lowest BCUT2D eigenvalue weighted by Crippen LogP contribution is -2.28. The average Bonchev–Trinajstić information content (AvgIpc) is 2.48.